The van der Waals surface area contributed by atoms with Crippen LogP contribution in [-0.2, 0) is 15.0 Å². The lowest BCUT2D eigenvalue weighted by Crippen LogP contribution is -2.61. The summed E-state index contributed by atoms with van der Waals surface area (Å²) in [6.07, 6.45) is 3.25. The predicted octanol–water partition coefficient (Wildman–Crippen LogP) is 3.97. The second kappa shape index (κ2) is 12.2. The topological polar surface area (TPSA) is 94.0 Å². The van der Waals surface area contributed by atoms with E-state index in [-0.39, 0.29) is 23.8 Å². The maximum Gasteiger partial charge on any atom is 0.245 e. The second-order valence-electron chi connectivity index (χ2n) is 11.0. The maximum atomic E-state index is 13.7. The van der Waals surface area contributed by atoms with Gasteiger partial charge in [-0.05, 0) is 36.4 Å². The van der Waals surface area contributed by atoms with Gasteiger partial charge in [-0.1, -0.05) is 90.0 Å². The molecule has 0 spiro atoms. The zero-order valence-electron chi connectivity index (χ0n) is 22.5. The fourth-order valence-corrected chi connectivity index (χ4v) is 4.23. The van der Waals surface area contributed by atoms with Gasteiger partial charge in [0.15, 0.2) is 0 Å². The Morgan fingerprint density at radius 3 is 2.06 bits per heavy atom. The van der Waals surface area contributed by atoms with Crippen LogP contribution < -0.4 is 10.6 Å². The molecular weight excluding hydrogens is 428 g/mol. The number of hydrogen-bond acceptors (Lipinski definition) is 5. The first-order valence-electron chi connectivity index (χ1n) is 11.8. The molecular formula is C27H44N4O3. The van der Waals surface area contributed by atoms with Crippen LogP contribution in [0.2, 0.25) is 0 Å². The molecule has 0 heterocycles. The van der Waals surface area contributed by atoms with Gasteiger partial charge in [0.25, 0.3) is 0 Å². The number of nitrogens with zero attached hydrogens (tertiary/aromatic N) is 2. The monoisotopic (exact) mass is 472 g/mol. The number of carbonyl (C=O) groups excluding carboxylic acids is 2. The summed E-state index contributed by atoms with van der Waals surface area (Å²) in [5.74, 6) is -0.274. The van der Waals surface area contributed by atoms with E-state index < -0.39 is 22.9 Å². The number of rotatable bonds is 10. The Morgan fingerprint density at radius 2 is 1.62 bits per heavy atom. The first-order chi connectivity index (χ1) is 15.7. The van der Waals surface area contributed by atoms with Crippen LogP contribution in [0.25, 0.3) is 0 Å². The first-order valence-corrected chi connectivity index (χ1v) is 11.8. The lowest BCUT2D eigenvalue weighted by atomic mass is 9.76. The standard InChI is InChI=1S/C27H44N4O3/c1-18(2)21(16-19(3)17-29-34)31(10)25(33)23(26(4,5)6)30-24(32)22(28-9)27(7,8)20-14-12-11-13-15-20/h11-18,21-23,28,34H,1-10H3,(H,30,32)/b19-16+,29-17+/t21?,22-,23?/m1/s1. The van der Waals surface area contributed by atoms with Crippen molar-refractivity contribution in [3.8, 4) is 0 Å². The zero-order chi connectivity index (χ0) is 26.3. The third kappa shape index (κ3) is 7.42. The number of likely N-dealkylation sites (N-methyl/N-ethyl adjacent to an activating group) is 2. The van der Waals surface area contributed by atoms with Crippen LogP contribution >= 0.6 is 0 Å². The van der Waals surface area contributed by atoms with E-state index in [1.165, 1.54) is 6.21 Å². The van der Waals surface area contributed by atoms with Gasteiger partial charge < -0.3 is 20.7 Å². The molecule has 3 atom stereocenters. The molecule has 2 amide bonds. The summed E-state index contributed by atoms with van der Waals surface area (Å²) < 4.78 is 0. The van der Waals surface area contributed by atoms with Gasteiger partial charge >= 0.3 is 0 Å². The van der Waals surface area contributed by atoms with Crippen molar-refractivity contribution in [3.63, 3.8) is 0 Å². The highest BCUT2D eigenvalue weighted by Gasteiger charge is 2.41. The molecule has 190 valence electrons. The molecule has 0 aromatic heterocycles. The molecule has 0 bridgehead atoms. The van der Waals surface area contributed by atoms with Crippen molar-refractivity contribution in [3.05, 3.63) is 47.5 Å². The Kier molecular flexibility index (Phi) is 10.5. The summed E-state index contributed by atoms with van der Waals surface area (Å²) in [7, 11) is 3.52. The molecule has 1 aromatic rings. The molecule has 3 N–H and O–H groups in total. The van der Waals surface area contributed by atoms with Crippen LogP contribution in [-0.4, -0.2) is 60.4 Å². The zero-order valence-corrected chi connectivity index (χ0v) is 22.5. The number of amides is 2. The SMILES string of the molecule is CN[C@H](C(=O)NC(C(=O)N(C)C(/C=C(C)/C=N/O)C(C)C)C(C)(C)C)C(C)(C)c1ccccc1. The van der Waals surface area contributed by atoms with Gasteiger partial charge in [-0.2, -0.15) is 0 Å². The van der Waals surface area contributed by atoms with Gasteiger partial charge in [0.1, 0.15) is 6.04 Å². The highest BCUT2D eigenvalue weighted by atomic mass is 16.4. The van der Waals surface area contributed by atoms with Crippen LogP contribution in [0.5, 0.6) is 0 Å². The molecule has 7 heteroatoms. The second-order valence-corrected chi connectivity index (χ2v) is 11.0. The maximum absolute atomic E-state index is 13.7. The minimum Gasteiger partial charge on any atom is -0.411 e. The van der Waals surface area contributed by atoms with Crippen molar-refractivity contribution < 1.29 is 14.8 Å². The molecule has 1 aromatic carbocycles. The van der Waals surface area contributed by atoms with Gasteiger partial charge in [0.2, 0.25) is 11.8 Å². The van der Waals surface area contributed by atoms with Gasteiger partial charge in [-0.3, -0.25) is 9.59 Å². The molecule has 0 aliphatic carbocycles. The summed E-state index contributed by atoms with van der Waals surface area (Å²) in [4.78, 5) is 28.9. The van der Waals surface area contributed by atoms with E-state index in [0.29, 0.717) is 0 Å². The van der Waals surface area contributed by atoms with Crippen molar-refractivity contribution in [1.29, 1.82) is 0 Å². The molecule has 0 saturated heterocycles. The molecule has 0 saturated carbocycles. The summed E-state index contributed by atoms with van der Waals surface area (Å²) in [6.45, 7) is 15.8. The van der Waals surface area contributed by atoms with E-state index in [1.54, 1.807) is 19.0 Å². The van der Waals surface area contributed by atoms with E-state index >= 15 is 0 Å². The van der Waals surface area contributed by atoms with Crippen molar-refractivity contribution in [2.24, 2.45) is 16.5 Å². The van der Waals surface area contributed by atoms with Crippen LogP contribution in [0.1, 0.15) is 61.0 Å². The summed E-state index contributed by atoms with van der Waals surface area (Å²) in [5, 5.41) is 18.1. The number of hydrogen-bond donors (Lipinski definition) is 3. The highest BCUT2D eigenvalue weighted by Crippen LogP contribution is 2.29. The number of allylic oxidation sites excluding steroid dienone is 1. The lowest BCUT2D eigenvalue weighted by Gasteiger charge is -2.40. The Hall–Kier alpha value is -2.67. The van der Waals surface area contributed by atoms with Crippen molar-refractivity contribution in [2.75, 3.05) is 14.1 Å². The summed E-state index contributed by atoms with van der Waals surface area (Å²) in [6, 6.07) is 8.39. The third-order valence-corrected chi connectivity index (χ3v) is 6.36. The molecule has 1 rings (SSSR count). The Morgan fingerprint density at radius 1 is 1.06 bits per heavy atom. The Balaban J connectivity index is 3.27. The lowest BCUT2D eigenvalue weighted by molar-refractivity contribution is -0.140. The number of oxime groups is 1. The minimum absolute atomic E-state index is 0.120. The number of carbonyl (C=O) groups is 2. The van der Waals surface area contributed by atoms with Gasteiger partial charge in [0, 0.05) is 12.5 Å². The van der Waals surface area contributed by atoms with Crippen molar-refractivity contribution >= 4 is 18.0 Å². The van der Waals surface area contributed by atoms with Crippen molar-refractivity contribution in [2.45, 2.75) is 78.9 Å². The molecule has 0 radical (unpaired) electrons. The van der Waals surface area contributed by atoms with Crippen LogP contribution in [0.15, 0.2) is 47.1 Å². The Labute approximate surface area is 205 Å². The van der Waals surface area contributed by atoms with Crippen LogP contribution in [0.3, 0.4) is 0 Å². The molecule has 0 fully saturated rings. The fourth-order valence-electron chi connectivity index (χ4n) is 4.23. The van der Waals surface area contributed by atoms with Crippen LogP contribution in [0, 0.1) is 11.3 Å². The third-order valence-electron chi connectivity index (χ3n) is 6.36. The first kappa shape index (κ1) is 29.4. The molecule has 0 aliphatic heterocycles. The highest BCUT2D eigenvalue weighted by molar-refractivity contribution is 5.91. The summed E-state index contributed by atoms with van der Waals surface area (Å²) in [5.41, 5.74) is 0.771. The van der Waals surface area contributed by atoms with Gasteiger partial charge in [-0.25, -0.2) is 0 Å². The van der Waals surface area contributed by atoms with Gasteiger partial charge in [0.05, 0.1) is 18.3 Å². The molecule has 7 nitrogen and oxygen atoms in total. The van der Waals surface area contributed by atoms with Gasteiger partial charge in [-0.15, -0.1) is 0 Å². The normalized spacial score (nSPS) is 15.8. The van der Waals surface area contributed by atoms with Crippen LogP contribution in [0.4, 0.5) is 0 Å². The Bertz CT molecular complexity index is 870. The quantitative estimate of drug-likeness (QED) is 0.273. The largest absolute Gasteiger partial charge is 0.411 e. The van der Waals surface area contributed by atoms with E-state index in [1.807, 2.05) is 91.8 Å². The number of nitrogens with one attached hydrogen (secondary N) is 2. The van der Waals surface area contributed by atoms with Crippen molar-refractivity contribution in [1.82, 2.24) is 15.5 Å². The van der Waals surface area contributed by atoms with E-state index in [0.717, 1.165) is 11.1 Å². The smallest absolute Gasteiger partial charge is 0.245 e. The minimum atomic E-state index is -0.728. The van der Waals surface area contributed by atoms with E-state index in [2.05, 4.69) is 15.8 Å². The summed E-state index contributed by atoms with van der Waals surface area (Å²) >= 11 is 0. The van der Waals surface area contributed by atoms with E-state index in [9.17, 15) is 9.59 Å². The molecule has 34 heavy (non-hydrogen) atoms. The predicted molar refractivity (Wildman–Crippen MR) is 139 cm³/mol. The molecule has 0 aliphatic rings. The van der Waals surface area contributed by atoms with E-state index in [4.69, 9.17) is 5.21 Å². The average molecular weight is 473 g/mol. The molecule has 2 unspecified atom stereocenters. The average Bonchev–Trinajstić information content (AvgIpc) is 2.75. The fraction of sp³-hybridized carbons (Fsp3) is 0.593. The number of benzene rings is 1.